The first kappa shape index (κ1) is 12.3. The molecular formula is C13H12FNO3. The Morgan fingerprint density at radius 3 is 2.72 bits per heavy atom. The van der Waals surface area contributed by atoms with E-state index in [1.54, 1.807) is 12.1 Å². The van der Waals surface area contributed by atoms with Crippen LogP contribution in [0.1, 0.15) is 24.8 Å². The highest BCUT2D eigenvalue weighted by atomic mass is 19.1. The number of carbonyl (C=O) groups excluding carboxylic acids is 1. The zero-order valence-corrected chi connectivity index (χ0v) is 9.80. The zero-order valence-electron chi connectivity index (χ0n) is 9.80. The summed E-state index contributed by atoms with van der Waals surface area (Å²) in [6, 6.07) is 5.80. The SMILES string of the molecule is CCC(C(=O)Oc1cocn1)c1ccc(F)cc1. The lowest BCUT2D eigenvalue weighted by Gasteiger charge is -2.12. The van der Waals surface area contributed by atoms with Gasteiger partial charge in [-0.2, -0.15) is 4.98 Å². The number of hydrogen-bond donors (Lipinski definition) is 0. The number of rotatable bonds is 4. The molecule has 0 N–H and O–H groups in total. The predicted octanol–water partition coefficient (Wildman–Crippen LogP) is 2.91. The van der Waals surface area contributed by atoms with Crippen LogP contribution in [-0.2, 0) is 4.79 Å². The molecule has 0 amide bonds. The third kappa shape index (κ3) is 2.74. The Kier molecular flexibility index (Phi) is 3.72. The lowest BCUT2D eigenvalue weighted by Crippen LogP contribution is -2.18. The van der Waals surface area contributed by atoms with Gasteiger partial charge < -0.3 is 9.15 Å². The molecule has 1 aromatic heterocycles. The molecule has 1 unspecified atom stereocenters. The fraction of sp³-hybridized carbons (Fsp3) is 0.231. The Hall–Kier alpha value is -2.17. The summed E-state index contributed by atoms with van der Waals surface area (Å²) < 4.78 is 22.6. The number of oxazole rings is 1. The van der Waals surface area contributed by atoms with Crippen molar-refractivity contribution in [1.82, 2.24) is 4.98 Å². The van der Waals surface area contributed by atoms with E-state index in [1.165, 1.54) is 24.8 Å². The number of hydrogen-bond acceptors (Lipinski definition) is 4. The van der Waals surface area contributed by atoms with Crippen molar-refractivity contribution in [3.63, 3.8) is 0 Å². The molecule has 0 aliphatic rings. The number of esters is 1. The largest absolute Gasteiger partial charge is 0.448 e. The molecule has 4 nitrogen and oxygen atoms in total. The zero-order chi connectivity index (χ0) is 13.0. The van der Waals surface area contributed by atoms with Crippen LogP contribution in [-0.4, -0.2) is 11.0 Å². The van der Waals surface area contributed by atoms with E-state index in [0.29, 0.717) is 12.0 Å². The predicted molar refractivity (Wildman–Crippen MR) is 61.6 cm³/mol. The maximum Gasteiger partial charge on any atom is 0.320 e. The molecule has 0 bridgehead atoms. The van der Waals surface area contributed by atoms with E-state index in [0.717, 1.165) is 0 Å². The fourth-order valence-electron chi connectivity index (χ4n) is 1.66. The van der Waals surface area contributed by atoms with E-state index in [9.17, 15) is 9.18 Å². The van der Waals surface area contributed by atoms with Gasteiger partial charge in [0.2, 0.25) is 0 Å². The molecule has 18 heavy (non-hydrogen) atoms. The third-order valence-electron chi connectivity index (χ3n) is 2.58. The first-order valence-electron chi connectivity index (χ1n) is 5.56. The molecular weight excluding hydrogens is 237 g/mol. The first-order chi connectivity index (χ1) is 8.70. The molecule has 0 saturated heterocycles. The molecule has 2 rings (SSSR count). The van der Waals surface area contributed by atoms with Crippen molar-refractivity contribution < 1.29 is 18.3 Å². The lowest BCUT2D eigenvalue weighted by molar-refractivity contribution is -0.136. The van der Waals surface area contributed by atoms with Gasteiger partial charge in [-0.25, -0.2) is 4.39 Å². The Balaban J connectivity index is 2.13. The van der Waals surface area contributed by atoms with E-state index in [4.69, 9.17) is 9.15 Å². The van der Waals surface area contributed by atoms with Crippen LogP contribution < -0.4 is 4.74 Å². The second-order valence-corrected chi connectivity index (χ2v) is 3.76. The van der Waals surface area contributed by atoms with Gasteiger partial charge in [0.15, 0.2) is 12.7 Å². The van der Waals surface area contributed by atoms with Gasteiger partial charge in [-0.1, -0.05) is 19.1 Å². The van der Waals surface area contributed by atoms with Crippen LogP contribution in [0.4, 0.5) is 4.39 Å². The molecule has 5 heteroatoms. The average molecular weight is 249 g/mol. The van der Waals surface area contributed by atoms with Crippen LogP contribution in [0.15, 0.2) is 41.3 Å². The molecule has 0 radical (unpaired) electrons. The molecule has 0 fully saturated rings. The normalized spacial score (nSPS) is 12.1. The Morgan fingerprint density at radius 1 is 1.44 bits per heavy atom. The smallest absolute Gasteiger partial charge is 0.320 e. The maximum absolute atomic E-state index is 12.8. The van der Waals surface area contributed by atoms with Crippen molar-refractivity contribution in [1.29, 1.82) is 0 Å². The maximum atomic E-state index is 12.8. The van der Waals surface area contributed by atoms with E-state index < -0.39 is 11.9 Å². The first-order valence-corrected chi connectivity index (χ1v) is 5.56. The second kappa shape index (κ2) is 5.44. The molecule has 2 aromatic rings. The van der Waals surface area contributed by atoms with Gasteiger partial charge in [0.05, 0.1) is 5.92 Å². The van der Waals surface area contributed by atoms with Gasteiger partial charge >= 0.3 is 5.97 Å². The van der Waals surface area contributed by atoms with Gasteiger partial charge in [-0.05, 0) is 24.1 Å². The summed E-state index contributed by atoms with van der Waals surface area (Å²) in [6.45, 7) is 1.86. The van der Waals surface area contributed by atoms with Crippen molar-refractivity contribution in [2.75, 3.05) is 0 Å². The van der Waals surface area contributed by atoms with Crippen LogP contribution in [0.25, 0.3) is 0 Å². The average Bonchev–Trinajstić information content (AvgIpc) is 2.85. The third-order valence-corrected chi connectivity index (χ3v) is 2.58. The minimum Gasteiger partial charge on any atom is -0.448 e. The van der Waals surface area contributed by atoms with Crippen LogP contribution in [0, 0.1) is 5.82 Å². The molecule has 0 aliphatic heterocycles. The Bertz CT molecular complexity index is 508. The highest BCUT2D eigenvalue weighted by molar-refractivity contribution is 5.79. The molecule has 0 saturated carbocycles. The summed E-state index contributed by atoms with van der Waals surface area (Å²) in [5, 5.41) is 0. The molecule has 0 spiro atoms. The summed E-state index contributed by atoms with van der Waals surface area (Å²) in [5.41, 5.74) is 0.715. The molecule has 94 valence electrons. The van der Waals surface area contributed by atoms with Crippen molar-refractivity contribution in [3.05, 3.63) is 48.3 Å². The number of benzene rings is 1. The summed E-state index contributed by atoms with van der Waals surface area (Å²) >= 11 is 0. The summed E-state index contributed by atoms with van der Waals surface area (Å²) in [5.74, 6) is -1.08. The van der Waals surface area contributed by atoms with Crippen LogP contribution in [0.2, 0.25) is 0 Å². The number of carbonyl (C=O) groups is 1. The van der Waals surface area contributed by atoms with Crippen molar-refractivity contribution in [2.24, 2.45) is 0 Å². The van der Waals surface area contributed by atoms with Crippen LogP contribution in [0.3, 0.4) is 0 Å². The number of halogens is 1. The Labute approximate surface area is 103 Å². The van der Waals surface area contributed by atoms with Gasteiger partial charge in [0, 0.05) is 0 Å². The highest BCUT2D eigenvalue weighted by Crippen LogP contribution is 2.22. The number of aromatic nitrogens is 1. The van der Waals surface area contributed by atoms with Crippen LogP contribution in [0.5, 0.6) is 5.88 Å². The minimum absolute atomic E-state index is 0.126. The summed E-state index contributed by atoms with van der Waals surface area (Å²) in [6.07, 6.45) is 2.99. The van der Waals surface area contributed by atoms with Crippen molar-refractivity contribution in [3.8, 4) is 5.88 Å². The van der Waals surface area contributed by atoms with Gasteiger partial charge in [-0.3, -0.25) is 4.79 Å². The van der Waals surface area contributed by atoms with Crippen molar-refractivity contribution in [2.45, 2.75) is 19.3 Å². The second-order valence-electron chi connectivity index (χ2n) is 3.76. The summed E-state index contributed by atoms with van der Waals surface area (Å²) in [7, 11) is 0. The van der Waals surface area contributed by atoms with Gasteiger partial charge in [0.25, 0.3) is 5.88 Å². The fourth-order valence-corrected chi connectivity index (χ4v) is 1.66. The molecule has 1 heterocycles. The van der Waals surface area contributed by atoms with Gasteiger partial charge in [-0.15, -0.1) is 0 Å². The van der Waals surface area contributed by atoms with E-state index in [2.05, 4.69) is 4.98 Å². The van der Waals surface area contributed by atoms with Crippen LogP contribution >= 0.6 is 0 Å². The van der Waals surface area contributed by atoms with E-state index in [-0.39, 0.29) is 11.7 Å². The summed E-state index contributed by atoms with van der Waals surface area (Å²) in [4.78, 5) is 15.6. The van der Waals surface area contributed by atoms with E-state index >= 15 is 0 Å². The Morgan fingerprint density at radius 2 is 2.17 bits per heavy atom. The lowest BCUT2D eigenvalue weighted by atomic mass is 9.97. The highest BCUT2D eigenvalue weighted by Gasteiger charge is 2.21. The molecule has 0 aliphatic carbocycles. The number of nitrogens with zero attached hydrogens (tertiary/aromatic N) is 1. The van der Waals surface area contributed by atoms with Gasteiger partial charge in [0.1, 0.15) is 5.82 Å². The van der Waals surface area contributed by atoms with E-state index in [1.807, 2.05) is 6.92 Å². The number of ether oxygens (including phenoxy) is 1. The topological polar surface area (TPSA) is 52.3 Å². The standard InChI is InChI=1S/C13H12FNO3/c1-2-11(9-3-5-10(14)6-4-9)13(16)18-12-7-17-8-15-12/h3-8,11H,2H2,1H3. The van der Waals surface area contributed by atoms with Crippen molar-refractivity contribution >= 4 is 5.97 Å². The molecule has 1 atom stereocenters. The quantitative estimate of drug-likeness (QED) is 0.782. The minimum atomic E-state index is -0.442. The molecule has 1 aromatic carbocycles. The monoisotopic (exact) mass is 249 g/mol.